The third-order valence-electron chi connectivity index (χ3n) is 2.24. The second-order valence-electron chi connectivity index (χ2n) is 4.14. The number of nitrogens with zero attached hydrogens (tertiary/aromatic N) is 1. The summed E-state index contributed by atoms with van der Waals surface area (Å²) in [5.74, 6) is -0.599. The Kier molecular flexibility index (Phi) is 5.39. The van der Waals surface area contributed by atoms with Crippen LogP contribution >= 0.6 is 10.7 Å². The zero-order chi connectivity index (χ0) is 14.6. The highest BCUT2D eigenvalue weighted by Crippen LogP contribution is 2.19. The molecule has 1 rings (SSSR count). The van der Waals surface area contributed by atoms with Gasteiger partial charge in [-0.1, -0.05) is 0 Å². The van der Waals surface area contributed by atoms with Gasteiger partial charge in [0.25, 0.3) is 9.05 Å². The van der Waals surface area contributed by atoms with Gasteiger partial charge < -0.3 is 14.0 Å². The first-order chi connectivity index (χ1) is 8.75. The Bertz CT molecular complexity index is 549. The molecule has 1 heterocycles. The predicted octanol–water partition coefficient (Wildman–Crippen LogP) is 1.63. The maximum absolute atomic E-state index is 11.9. The minimum absolute atomic E-state index is 0.130. The summed E-state index contributed by atoms with van der Waals surface area (Å²) in [4.78, 5) is 11.7. The van der Waals surface area contributed by atoms with Crippen molar-refractivity contribution in [3.8, 4) is 0 Å². The molecule has 0 atom stereocenters. The fourth-order valence-corrected chi connectivity index (χ4v) is 2.20. The number of ether oxygens (including phenoxy) is 2. The average Bonchev–Trinajstić information content (AvgIpc) is 2.68. The van der Waals surface area contributed by atoms with Crippen molar-refractivity contribution in [3.63, 3.8) is 0 Å². The van der Waals surface area contributed by atoms with Crippen LogP contribution < -0.4 is 0 Å². The van der Waals surface area contributed by atoms with Crippen molar-refractivity contribution in [2.24, 2.45) is 0 Å². The number of halogens is 1. The van der Waals surface area contributed by atoms with Gasteiger partial charge in [0, 0.05) is 30.5 Å². The van der Waals surface area contributed by atoms with E-state index in [1.807, 2.05) is 0 Å². The molecule has 6 nitrogen and oxygen atoms in total. The van der Waals surface area contributed by atoms with Crippen LogP contribution in [0.5, 0.6) is 0 Å². The van der Waals surface area contributed by atoms with Gasteiger partial charge >= 0.3 is 5.97 Å². The second kappa shape index (κ2) is 6.40. The van der Waals surface area contributed by atoms with Crippen molar-refractivity contribution in [1.29, 1.82) is 0 Å². The van der Waals surface area contributed by atoms with E-state index in [4.69, 9.17) is 20.2 Å². The lowest BCUT2D eigenvalue weighted by molar-refractivity contribution is 0.0363. The van der Waals surface area contributed by atoms with Gasteiger partial charge in [0.15, 0.2) is 0 Å². The maximum Gasteiger partial charge on any atom is 0.355 e. The van der Waals surface area contributed by atoms with Crippen LogP contribution in [-0.4, -0.2) is 38.8 Å². The molecule has 0 radical (unpaired) electrons. The fourth-order valence-electron chi connectivity index (χ4n) is 1.44. The summed E-state index contributed by atoms with van der Waals surface area (Å²) in [6.45, 7) is 4.07. The Morgan fingerprint density at radius 1 is 1.47 bits per heavy atom. The molecule has 0 aromatic carbocycles. The van der Waals surface area contributed by atoms with Crippen molar-refractivity contribution >= 4 is 25.7 Å². The summed E-state index contributed by atoms with van der Waals surface area (Å²) >= 11 is 0. The van der Waals surface area contributed by atoms with E-state index in [0.29, 0.717) is 13.2 Å². The molecule has 0 bridgehead atoms. The number of carbonyl (C=O) groups is 1. The Hall–Kier alpha value is -1.05. The molecule has 19 heavy (non-hydrogen) atoms. The first kappa shape index (κ1) is 16.0. The van der Waals surface area contributed by atoms with Crippen LogP contribution in [0.3, 0.4) is 0 Å². The van der Waals surface area contributed by atoms with Crippen LogP contribution in [0.2, 0.25) is 0 Å². The summed E-state index contributed by atoms with van der Waals surface area (Å²) in [5.41, 5.74) is 0.130. The number of methoxy groups -OCH3 is 1. The van der Waals surface area contributed by atoms with E-state index in [2.05, 4.69) is 0 Å². The molecule has 0 saturated carbocycles. The number of hydrogen-bond donors (Lipinski definition) is 0. The molecular formula is C11H16ClNO5S. The van der Waals surface area contributed by atoms with Crippen LogP contribution in [0.4, 0.5) is 0 Å². The van der Waals surface area contributed by atoms with Crippen molar-refractivity contribution in [3.05, 3.63) is 18.0 Å². The molecule has 0 saturated heterocycles. The topological polar surface area (TPSA) is 74.6 Å². The molecular weight excluding hydrogens is 294 g/mol. The minimum atomic E-state index is -3.89. The first-order valence-corrected chi connectivity index (χ1v) is 7.91. The molecule has 0 aliphatic heterocycles. The molecule has 108 valence electrons. The van der Waals surface area contributed by atoms with E-state index in [1.165, 1.54) is 23.9 Å². The van der Waals surface area contributed by atoms with Crippen molar-refractivity contribution < 1.29 is 22.7 Å². The smallest absolute Gasteiger partial charge is 0.355 e. The van der Waals surface area contributed by atoms with E-state index in [9.17, 15) is 13.2 Å². The lowest BCUT2D eigenvalue weighted by Crippen LogP contribution is -2.17. The Morgan fingerprint density at radius 2 is 2.11 bits per heavy atom. The van der Waals surface area contributed by atoms with E-state index in [1.54, 1.807) is 13.8 Å². The highest BCUT2D eigenvalue weighted by atomic mass is 35.7. The summed E-state index contributed by atoms with van der Waals surface area (Å²) in [5, 5.41) is 0. The van der Waals surface area contributed by atoms with Crippen LogP contribution in [0.15, 0.2) is 17.2 Å². The predicted molar refractivity (Wildman–Crippen MR) is 69.9 cm³/mol. The molecule has 0 amide bonds. The average molecular weight is 310 g/mol. The van der Waals surface area contributed by atoms with Gasteiger partial charge in [-0.2, -0.15) is 0 Å². The zero-order valence-corrected chi connectivity index (χ0v) is 12.5. The van der Waals surface area contributed by atoms with E-state index < -0.39 is 15.0 Å². The van der Waals surface area contributed by atoms with E-state index >= 15 is 0 Å². The van der Waals surface area contributed by atoms with Gasteiger partial charge in [0.2, 0.25) is 0 Å². The third-order valence-corrected chi connectivity index (χ3v) is 3.56. The molecule has 0 unspecified atom stereocenters. The Morgan fingerprint density at radius 3 is 2.58 bits per heavy atom. The van der Waals surface area contributed by atoms with Gasteiger partial charge in [0.1, 0.15) is 10.6 Å². The largest absolute Gasteiger partial charge is 0.458 e. The van der Waals surface area contributed by atoms with Gasteiger partial charge in [-0.3, -0.25) is 0 Å². The molecule has 0 aliphatic rings. The van der Waals surface area contributed by atoms with Gasteiger partial charge in [0.05, 0.1) is 12.7 Å². The maximum atomic E-state index is 11.9. The SMILES string of the molecule is COCCn1cc(S(=O)(=O)Cl)cc1C(=O)OC(C)C. The molecule has 1 aromatic heterocycles. The molecule has 0 fully saturated rings. The highest BCUT2D eigenvalue weighted by molar-refractivity contribution is 8.13. The van der Waals surface area contributed by atoms with Gasteiger partial charge in [-0.05, 0) is 19.9 Å². The number of carbonyl (C=O) groups excluding carboxylic acids is 1. The normalized spacial score (nSPS) is 11.8. The monoisotopic (exact) mass is 309 g/mol. The first-order valence-electron chi connectivity index (χ1n) is 5.60. The summed E-state index contributed by atoms with van der Waals surface area (Å²) < 4.78 is 34.0. The Labute approximate surface area is 116 Å². The number of hydrogen-bond acceptors (Lipinski definition) is 5. The van der Waals surface area contributed by atoms with Crippen molar-refractivity contribution in [2.45, 2.75) is 31.4 Å². The lowest BCUT2D eigenvalue weighted by Gasteiger charge is -2.10. The highest BCUT2D eigenvalue weighted by Gasteiger charge is 2.21. The fraction of sp³-hybridized carbons (Fsp3) is 0.545. The molecule has 0 spiro atoms. The zero-order valence-electron chi connectivity index (χ0n) is 10.9. The van der Waals surface area contributed by atoms with Crippen LogP contribution in [0.1, 0.15) is 24.3 Å². The second-order valence-corrected chi connectivity index (χ2v) is 6.71. The molecule has 0 N–H and O–H groups in total. The Balaban J connectivity index is 3.12. The van der Waals surface area contributed by atoms with Crippen LogP contribution in [0.25, 0.3) is 0 Å². The molecule has 0 aliphatic carbocycles. The summed E-state index contributed by atoms with van der Waals surface area (Å²) in [6, 6.07) is 1.20. The summed E-state index contributed by atoms with van der Waals surface area (Å²) in [6.07, 6.45) is 0.993. The van der Waals surface area contributed by atoms with E-state index in [-0.39, 0.29) is 16.7 Å². The van der Waals surface area contributed by atoms with Crippen molar-refractivity contribution in [1.82, 2.24) is 4.57 Å². The molecule has 8 heteroatoms. The van der Waals surface area contributed by atoms with Gasteiger partial charge in [-0.25, -0.2) is 13.2 Å². The quantitative estimate of drug-likeness (QED) is 0.590. The third kappa shape index (κ3) is 4.52. The lowest BCUT2D eigenvalue weighted by atomic mass is 10.4. The number of esters is 1. The summed E-state index contributed by atoms with van der Waals surface area (Å²) in [7, 11) is 2.88. The number of aromatic nitrogens is 1. The van der Waals surface area contributed by atoms with Crippen LogP contribution in [0, 0.1) is 0 Å². The van der Waals surface area contributed by atoms with Gasteiger partial charge in [-0.15, -0.1) is 0 Å². The standard InChI is InChI=1S/C11H16ClNO5S/c1-8(2)18-11(14)10-6-9(19(12,15)16)7-13(10)4-5-17-3/h6-8H,4-5H2,1-3H3. The molecule has 1 aromatic rings. The number of rotatable bonds is 6. The van der Waals surface area contributed by atoms with E-state index in [0.717, 1.165) is 0 Å². The van der Waals surface area contributed by atoms with Crippen LogP contribution in [-0.2, 0) is 25.1 Å². The van der Waals surface area contributed by atoms with Crippen molar-refractivity contribution in [2.75, 3.05) is 13.7 Å². The minimum Gasteiger partial charge on any atom is -0.458 e.